The number of carbonyl (C=O) groups is 1. The second-order valence-electron chi connectivity index (χ2n) is 6.62. The molecule has 6 heteroatoms. The van der Waals surface area contributed by atoms with Gasteiger partial charge in [0.1, 0.15) is 11.4 Å². The fourth-order valence-electron chi connectivity index (χ4n) is 3.26. The van der Waals surface area contributed by atoms with Gasteiger partial charge >= 0.3 is 0 Å². The van der Waals surface area contributed by atoms with E-state index < -0.39 is 0 Å². The maximum atomic E-state index is 12.6. The molecule has 1 aliphatic heterocycles. The van der Waals surface area contributed by atoms with Crippen molar-refractivity contribution in [2.24, 2.45) is 5.92 Å². The topological polar surface area (TPSA) is 65.4 Å². The number of para-hydroxylation sites is 1. The van der Waals surface area contributed by atoms with Gasteiger partial charge in [-0.3, -0.25) is 9.48 Å². The summed E-state index contributed by atoms with van der Waals surface area (Å²) in [7, 11) is 0. The summed E-state index contributed by atoms with van der Waals surface area (Å²) in [5.74, 6) is 1.25. The molecule has 0 bridgehead atoms. The average molecular weight is 357 g/mol. The first-order valence-electron chi connectivity index (χ1n) is 9.28. The van der Waals surface area contributed by atoms with Crippen molar-refractivity contribution >= 4 is 5.91 Å². The average Bonchev–Trinajstić information content (AvgIpc) is 2.88. The maximum Gasteiger partial charge on any atom is 0.269 e. The third-order valence-corrected chi connectivity index (χ3v) is 4.60. The van der Waals surface area contributed by atoms with E-state index in [1.54, 1.807) is 4.68 Å². The Balaban J connectivity index is 1.59. The molecule has 1 aliphatic rings. The number of aromatic nitrogens is 2. The molecule has 0 saturated carbocycles. The molecular weight excluding hydrogens is 330 g/mol. The first kappa shape index (κ1) is 18.5. The molecule has 0 saturated heterocycles. The molecule has 140 valence electrons. The Morgan fingerprint density at radius 2 is 2.27 bits per heavy atom. The van der Waals surface area contributed by atoms with Gasteiger partial charge < -0.3 is 14.8 Å². The van der Waals surface area contributed by atoms with Gasteiger partial charge in [-0.25, -0.2) is 0 Å². The van der Waals surface area contributed by atoms with Crippen molar-refractivity contribution in [1.29, 1.82) is 0 Å². The molecule has 2 heterocycles. The van der Waals surface area contributed by atoms with E-state index in [4.69, 9.17) is 9.47 Å². The molecule has 3 rings (SSSR count). The van der Waals surface area contributed by atoms with Crippen molar-refractivity contribution in [1.82, 2.24) is 15.1 Å². The van der Waals surface area contributed by atoms with Gasteiger partial charge in [0.2, 0.25) is 0 Å². The number of amides is 1. The molecule has 0 radical (unpaired) electrons. The van der Waals surface area contributed by atoms with E-state index in [0.29, 0.717) is 44.5 Å². The molecule has 1 amide bonds. The molecule has 1 aromatic carbocycles. The zero-order valence-corrected chi connectivity index (χ0v) is 15.5. The van der Waals surface area contributed by atoms with Crippen molar-refractivity contribution in [2.75, 3.05) is 26.4 Å². The van der Waals surface area contributed by atoms with E-state index in [0.717, 1.165) is 24.3 Å². The van der Waals surface area contributed by atoms with Gasteiger partial charge in [-0.2, -0.15) is 5.10 Å². The Kier molecular flexibility index (Phi) is 6.28. The number of benzene rings is 1. The van der Waals surface area contributed by atoms with Gasteiger partial charge in [-0.15, -0.1) is 0 Å². The van der Waals surface area contributed by atoms with Crippen LogP contribution in [0.2, 0.25) is 0 Å². The Bertz CT molecular complexity index is 742. The van der Waals surface area contributed by atoms with Gasteiger partial charge in [-0.1, -0.05) is 18.2 Å². The third kappa shape index (κ3) is 4.64. The third-order valence-electron chi connectivity index (χ3n) is 4.60. The number of ether oxygens (including phenoxy) is 2. The number of hydrogen-bond acceptors (Lipinski definition) is 4. The summed E-state index contributed by atoms with van der Waals surface area (Å²) in [4.78, 5) is 12.6. The highest BCUT2D eigenvalue weighted by molar-refractivity contribution is 5.92. The van der Waals surface area contributed by atoms with E-state index >= 15 is 0 Å². The molecule has 1 unspecified atom stereocenters. The fraction of sp³-hybridized carbons (Fsp3) is 0.500. The lowest BCUT2D eigenvalue weighted by atomic mass is 9.97. The van der Waals surface area contributed by atoms with Gasteiger partial charge in [0.05, 0.1) is 25.5 Å². The van der Waals surface area contributed by atoms with Crippen molar-refractivity contribution < 1.29 is 14.3 Å². The van der Waals surface area contributed by atoms with Crippen LogP contribution in [0.25, 0.3) is 0 Å². The van der Waals surface area contributed by atoms with Crippen LogP contribution >= 0.6 is 0 Å². The van der Waals surface area contributed by atoms with Crippen LogP contribution in [0.5, 0.6) is 5.75 Å². The van der Waals surface area contributed by atoms with Crippen LogP contribution in [0.4, 0.5) is 0 Å². The second kappa shape index (κ2) is 8.85. The first-order valence-corrected chi connectivity index (χ1v) is 9.28. The summed E-state index contributed by atoms with van der Waals surface area (Å²) in [5, 5.41) is 7.47. The summed E-state index contributed by atoms with van der Waals surface area (Å²) in [6, 6.07) is 9.96. The van der Waals surface area contributed by atoms with Crippen LogP contribution in [0, 0.1) is 12.8 Å². The molecule has 1 atom stereocenters. The summed E-state index contributed by atoms with van der Waals surface area (Å²) in [6.07, 6.45) is 1.84. The molecule has 1 N–H and O–H groups in total. The molecule has 0 spiro atoms. The van der Waals surface area contributed by atoms with Crippen molar-refractivity contribution in [3.8, 4) is 5.75 Å². The Morgan fingerprint density at radius 3 is 3.12 bits per heavy atom. The predicted molar refractivity (Wildman–Crippen MR) is 99.5 cm³/mol. The van der Waals surface area contributed by atoms with E-state index in [1.807, 2.05) is 38.1 Å². The normalized spacial score (nSPS) is 16.5. The fourth-order valence-corrected chi connectivity index (χ4v) is 3.26. The Hall–Kier alpha value is -2.34. The lowest BCUT2D eigenvalue weighted by Crippen LogP contribution is -2.32. The summed E-state index contributed by atoms with van der Waals surface area (Å²) in [6.45, 7) is 6.95. The highest BCUT2D eigenvalue weighted by atomic mass is 16.5. The van der Waals surface area contributed by atoms with Gasteiger partial charge in [0, 0.05) is 13.2 Å². The Labute approximate surface area is 154 Å². The molecular formula is C20H27N3O3. The van der Waals surface area contributed by atoms with Crippen LogP contribution in [0.15, 0.2) is 30.3 Å². The summed E-state index contributed by atoms with van der Waals surface area (Å²) in [5.41, 5.74) is 2.64. The smallest absolute Gasteiger partial charge is 0.269 e. The SMILES string of the molecule is CCOCCn1nc(C)cc1C(=O)NCC1CCOc2ccccc2C1. The number of carbonyl (C=O) groups excluding carboxylic acids is 1. The van der Waals surface area contributed by atoms with E-state index in [1.165, 1.54) is 5.56 Å². The zero-order valence-electron chi connectivity index (χ0n) is 15.5. The highest BCUT2D eigenvalue weighted by Gasteiger charge is 2.20. The lowest BCUT2D eigenvalue weighted by Gasteiger charge is -2.15. The van der Waals surface area contributed by atoms with Gasteiger partial charge in [0.15, 0.2) is 0 Å². The number of nitrogens with one attached hydrogen (secondary N) is 1. The summed E-state index contributed by atoms with van der Waals surface area (Å²) < 4.78 is 12.9. The van der Waals surface area contributed by atoms with Gasteiger partial charge in [0.25, 0.3) is 5.91 Å². The maximum absolute atomic E-state index is 12.6. The molecule has 0 aliphatic carbocycles. The first-order chi connectivity index (χ1) is 12.7. The quantitative estimate of drug-likeness (QED) is 0.774. The van der Waals surface area contributed by atoms with E-state index in [9.17, 15) is 4.79 Å². The largest absolute Gasteiger partial charge is 0.493 e. The molecule has 1 aromatic heterocycles. The van der Waals surface area contributed by atoms with Crippen LogP contribution in [-0.2, 0) is 17.7 Å². The van der Waals surface area contributed by atoms with Crippen LogP contribution in [0.1, 0.15) is 35.1 Å². The predicted octanol–water partition coefficient (Wildman–Crippen LogP) is 2.60. The number of aryl methyl sites for hydroxylation is 1. The van der Waals surface area contributed by atoms with Gasteiger partial charge in [-0.05, 0) is 50.3 Å². The van der Waals surface area contributed by atoms with Crippen LogP contribution < -0.4 is 10.1 Å². The number of rotatable bonds is 7. The molecule has 2 aromatic rings. The molecule has 6 nitrogen and oxygen atoms in total. The summed E-state index contributed by atoms with van der Waals surface area (Å²) >= 11 is 0. The molecule has 26 heavy (non-hydrogen) atoms. The second-order valence-corrected chi connectivity index (χ2v) is 6.62. The van der Waals surface area contributed by atoms with Crippen molar-refractivity contribution in [3.63, 3.8) is 0 Å². The minimum atomic E-state index is -0.0828. The minimum Gasteiger partial charge on any atom is -0.493 e. The lowest BCUT2D eigenvalue weighted by molar-refractivity contribution is 0.0927. The monoisotopic (exact) mass is 357 g/mol. The van der Waals surface area contributed by atoms with Crippen LogP contribution in [-0.4, -0.2) is 42.1 Å². The minimum absolute atomic E-state index is 0.0828. The number of hydrogen-bond donors (Lipinski definition) is 1. The number of nitrogens with zero attached hydrogens (tertiary/aromatic N) is 2. The van der Waals surface area contributed by atoms with Crippen LogP contribution in [0.3, 0.4) is 0 Å². The standard InChI is InChI=1S/C20H27N3O3/c1-3-25-11-9-23-18(12-15(2)22-23)20(24)21-14-16-8-10-26-19-7-5-4-6-17(19)13-16/h4-7,12,16H,3,8-11,13-14H2,1-2H3,(H,21,24). The van der Waals surface area contributed by atoms with E-state index in [-0.39, 0.29) is 5.91 Å². The Morgan fingerprint density at radius 1 is 1.42 bits per heavy atom. The zero-order chi connectivity index (χ0) is 18.4. The van der Waals surface area contributed by atoms with Crippen molar-refractivity contribution in [3.05, 3.63) is 47.3 Å². The number of fused-ring (bicyclic) bond motifs is 1. The van der Waals surface area contributed by atoms with E-state index in [2.05, 4.69) is 16.5 Å². The van der Waals surface area contributed by atoms with Crippen molar-refractivity contribution in [2.45, 2.75) is 33.2 Å². The molecule has 0 fully saturated rings. The highest BCUT2D eigenvalue weighted by Crippen LogP contribution is 2.26.